The number of carbonyl (C=O) groups excluding carboxylic acids is 2. The number of hydrogen-bond acceptors (Lipinski definition) is 4. The van der Waals surface area contributed by atoms with Crippen LogP contribution in [-0.2, 0) is 11.3 Å². The maximum absolute atomic E-state index is 12.3. The van der Waals surface area contributed by atoms with Crippen LogP contribution in [0, 0.1) is 0 Å². The van der Waals surface area contributed by atoms with Crippen LogP contribution in [0.1, 0.15) is 47.1 Å². The third-order valence-electron chi connectivity index (χ3n) is 3.29. The highest BCUT2D eigenvalue weighted by Crippen LogP contribution is 2.23. The second kappa shape index (κ2) is 6.28. The third kappa shape index (κ3) is 4.21. The van der Waals surface area contributed by atoms with Crippen molar-refractivity contribution in [3.63, 3.8) is 0 Å². The van der Waals surface area contributed by atoms with Crippen molar-refractivity contribution in [3.8, 4) is 0 Å². The number of amides is 2. The Kier molecular flexibility index (Phi) is 4.58. The molecule has 23 heavy (non-hydrogen) atoms. The van der Waals surface area contributed by atoms with Gasteiger partial charge in [0.25, 0.3) is 5.91 Å². The summed E-state index contributed by atoms with van der Waals surface area (Å²) >= 11 is 0. The number of hydrogen-bond donors (Lipinski definition) is 2. The molecule has 1 aliphatic heterocycles. The van der Waals surface area contributed by atoms with Crippen molar-refractivity contribution in [2.75, 3.05) is 13.1 Å². The van der Waals surface area contributed by atoms with Crippen molar-refractivity contribution in [1.29, 1.82) is 0 Å². The topological polar surface area (TPSA) is 95.9 Å². The Morgan fingerprint density at radius 2 is 2.04 bits per heavy atom. The number of benzene rings is 1. The normalized spacial score (nSPS) is 13.7. The van der Waals surface area contributed by atoms with Crippen LogP contribution < -0.4 is 5.32 Å². The maximum Gasteiger partial charge on any atom is 0.407 e. The number of nitrogens with zero attached hydrogens (tertiary/aromatic N) is 1. The summed E-state index contributed by atoms with van der Waals surface area (Å²) in [6.45, 7) is 6.31. The first kappa shape index (κ1) is 16.8. The number of carboxylic acids is 1. The third-order valence-corrected chi connectivity index (χ3v) is 3.29. The van der Waals surface area contributed by atoms with E-state index in [4.69, 9.17) is 9.84 Å². The number of carboxylic acid groups (broad SMARTS) is 1. The summed E-state index contributed by atoms with van der Waals surface area (Å²) in [7, 11) is 0. The van der Waals surface area contributed by atoms with Gasteiger partial charge in [-0.25, -0.2) is 9.59 Å². The minimum Gasteiger partial charge on any atom is -0.478 e. The SMILES string of the molecule is CC(C)(C)OC(=O)NCCN1Cc2ccc(C(=O)O)cc2C1=O. The number of carbonyl (C=O) groups is 3. The average Bonchev–Trinajstić information content (AvgIpc) is 2.73. The van der Waals surface area contributed by atoms with Gasteiger partial charge in [0.1, 0.15) is 5.60 Å². The summed E-state index contributed by atoms with van der Waals surface area (Å²) in [6, 6.07) is 4.52. The molecular formula is C16H20N2O5. The Morgan fingerprint density at radius 3 is 2.65 bits per heavy atom. The molecule has 7 heteroatoms. The molecule has 7 nitrogen and oxygen atoms in total. The van der Waals surface area contributed by atoms with Gasteiger partial charge in [0.05, 0.1) is 5.56 Å². The molecule has 1 aromatic carbocycles. The second-order valence-corrected chi connectivity index (χ2v) is 6.33. The summed E-state index contributed by atoms with van der Waals surface area (Å²) in [5.74, 6) is -1.29. The minimum atomic E-state index is -1.06. The molecule has 0 bridgehead atoms. The highest BCUT2D eigenvalue weighted by atomic mass is 16.6. The standard InChI is InChI=1S/C16H20N2O5/c1-16(2,3)23-15(22)17-6-7-18-9-11-5-4-10(14(20)21)8-12(11)13(18)19/h4-5,8H,6-7,9H2,1-3H3,(H,17,22)(H,20,21). The van der Waals surface area contributed by atoms with Crippen LogP contribution in [0.3, 0.4) is 0 Å². The molecule has 2 rings (SSSR count). The van der Waals surface area contributed by atoms with E-state index >= 15 is 0 Å². The molecule has 0 unspecified atom stereocenters. The van der Waals surface area contributed by atoms with E-state index in [2.05, 4.69) is 5.32 Å². The van der Waals surface area contributed by atoms with Crippen LogP contribution >= 0.6 is 0 Å². The number of nitrogens with one attached hydrogen (secondary N) is 1. The quantitative estimate of drug-likeness (QED) is 0.883. The summed E-state index contributed by atoms with van der Waals surface area (Å²) in [5, 5.41) is 11.6. The number of fused-ring (bicyclic) bond motifs is 1. The number of aromatic carboxylic acids is 1. The summed E-state index contributed by atoms with van der Waals surface area (Å²) in [5.41, 5.74) is 0.710. The van der Waals surface area contributed by atoms with Gasteiger partial charge in [-0.2, -0.15) is 0 Å². The number of rotatable bonds is 4. The van der Waals surface area contributed by atoms with E-state index < -0.39 is 17.7 Å². The van der Waals surface area contributed by atoms with Gasteiger partial charge in [0.15, 0.2) is 0 Å². The molecule has 0 fully saturated rings. The zero-order chi connectivity index (χ0) is 17.2. The van der Waals surface area contributed by atoms with Crippen molar-refractivity contribution in [3.05, 3.63) is 34.9 Å². The summed E-state index contributed by atoms with van der Waals surface area (Å²) in [6.07, 6.45) is -0.533. The van der Waals surface area contributed by atoms with Crippen molar-refractivity contribution in [1.82, 2.24) is 10.2 Å². The number of alkyl carbamates (subject to hydrolysis) is 1. The lowest BCUT2D eigenvalue weighted by atomic mass is 10.1. The van der Waals surface area contributed by atoms with Crippen LogP contribution in [-0.4, -0.2) is 46.7 Å². The molecule has 0 saturated carbocycles. The van der Waals surface area contributed by atoms with Crippen LogP contribution in [0.15, 0.2) is 18.2 Å². The van der Waals surface area contributed by atoms with Crippen molar-refractivity contribution < 1.29 is 24.2 Å². The van der Waals surface area contributed by atoms with E-state index in [9.17, 15) is 14.4 Å². The Balaban J connectivity index is 1.90. The molecule has 0 saturated heterocycles. The molecular weight excluding hydrogens is 300 g/mol. The summed E-state index contributed by atoms with van der Waals surface area (Å²) < 4.78 is 5.11. The zero-order valence-corrected chi connectivity index (χ0v) is 13.4. The first-order valence-electron chi connectivity index (χ1n) is 7.30. The molecule has 1 aromatic rings. The first-order chi connectivity index (χ1) is 10.7. The van der Waals surface area contributed by atoms with E-state index in [1.54, 1.807) is 31.7 Å². The lowest BCUT2D eigenvalue weighted by Crippen LogP contribution is -2.38. The lowest BCUT2D eigenvalue weighted by molar-refractivity contribution is 0.0514. The van der Waals surface area contributed by atoms with Gasteiger partial charge in [0, 0.05) is 25.2 Å². The Bertz CT molecular complexity index is 648. The minimum absolute atomic E-state index is 0.0887. The van der Waals surface area contributed by atoms with E-state index in [0.29, 0.717) is 18.7 Å². The molecule has 2 amide bonds. The van der Waals surface area contributed by atoms with Gasteiger partial charge in [0.2, 0.25) is 0 Å². The highest BCUT2D eigenvalue weighted by molar-refractivity contribution is 6.00. The van der Waals surface area contributed by atoms with Crippen molar-refractivity contribution in [2.45, 2.75) is 32.9 Å². The fourth-order valence-corrected chi connectivity index (χ4v) is 2.28. The van der Waals surface area contributed by atoms with E-state index in [1.165, 1.54) is 12.1 Å². The molecule has 0 atom stereocenters. The molecule has 0 aromatic heterocycles. The molecule has 1 heterocycles. The fourth-order valence-electron chi connectivity index (χ4n) is 2.28. The van der Waals surface area contributed by atoms with Crippen LogP contribution in [0.25, 0.3) is 0 Å². The fraction of sp³-hybridized carbons (Fsp3) is 0.438. The number of ether oxygens (including phenoxy) is 1. The van der Waals surface area contributed by atoms with E-state index in [-0.39, 0.29) is 18.0 Å². The molecule has 2 N–H and O–H groups in total. The van der Waals surface area contributed by atoms with Gasteiger partial charge < -0.3 is 20.1 Å². The monoisotopic (exact) mass is 320 g/mol. The maximum atomic E-state index is 12.3. The van der Waals surface area contributed by atoms with Crippen molar-refractivity contribution in [2.24, 2.45) is 0 Å². The van der Waals surface area contributed by atoms with Gasteiger partial charge in [-0.1, -0.05) is 6.07 Å². The van der Waals surface area contributed by atoms with E-state index in [1.807, 2.05) is 0 Å². The zero-order valence-electron chi connectivity index (χ0n) is 13.4. The van der Waals surface area contributed by atoms with Gasteiger partial charge >= 0.3 is 12.1 Å². The molecule has 0 radical (unpaired) electrons. The highest BCUT2D eigenvalue weighted by Gasteiger charge is 2.28. The molecule has 0 spiro atoms. The molecule has 0 aliphatic carbocycles. The van der Waals surface area contributed by atoms with Crippen LogP contribution in [0.2, 0.25) is 0 Å². The first-order valence-corrected chi connectivity index (χ1v) is 7.30. The predicted octanol–water partition coefficient (Wildman–Crippen LogP) is 1.87. The van der Waals surface area contributed by atoms with Crippen LogP contribution in [0.4, 0.5) is 4.79 Å². The molecule has 124 valence electrons. The second-order valence-electron chi connectivity index (χ2n) is 6.33. The Labute approximate surface area is 134 Å². The molecule has 1 aliphatic rings. The lowest BCUT2D eigenvalue weighted by Gasteiger charge is -2.21. The van der Waals surface area contributed by atoms with Gasteiger partial charge in [-0.05, 0) is 38.5 Å². The smallest absolute Gasteiger partial charge is 0.407 e. The van der Waals surface area contributed by atoms with Crippen LogP contribution in [0.5, 0.6) is 0 Å². The Hall–Kier alpha value is -2.57. The van der Waals surface area contributed by atoms with Crippen molar-refractivity contribution >= 4 is 18.0 Å². The predicted molar refractivity (Wildman–Crippen MR) is 82.4 cm³/mol. The van der Waals surface area contributed by atoms with E-state index in [0.717, 1.165) is 5.56 Å². The van der Waals surface area contributed by atoms with Gasteiger partial charge in [-0.3, -0.25) is 4.79 Å². The summed E-state index contributed by atoms with van der Waals surface area (Å²) in [4.78, 5) is 36.3. The Morgan fingerprint density at radius 1 is 1.35 bits per heavy atom. The largest absolute Gasteiger partial charge is 0.478 e. The van der Waals surface area contributed by atoms with Gasteiger partial charge in [-0.15, -0.1) is 0 Å². The average molecular weight is 320 g/mol.